The van der Waals surface area contributed by atoms with Crippen molar-refractivity contribution in [3.8, 4) is 6.07 Å². The van der Waals surface area contributed by atoms with Crippen molar-refractivity contribution >= 4 is 24.6 Å². The van der Waals surface area contributed by atoms with Gasteiger partial charge in [-0.25, -0.2) is 0 Å². The number of imidazole rings is 1. The molecule has 0 aliphatic carbocycles. The molecular formula is C20H17BN3. The number of hydrogen-bond acceptors (Lipinski definition) is 2. The van der Waals surface area contributed by atoms with Crippen LogP contribution in [0.2, 0.25) is 0 Å². The molecule has 0 aliphatic rings. The van der Waals surface area contributed by atoms with Crippen LogP contribution < -0.4 is 5.72 Å². The molecule has 0 atom stereocenters. The van der Waals surface area contributed by atoms with Crippen molar-refractivity contribution in [3.05, 3.63) is 83.7 Å². The lowest BCUT2D eigenvalue weighted by Crippen LogP contribution is -2.28. The zero-order chi connectivity index (χ0) is 16.8. The Kier molecular flexibility index (Phi) is 4.93. The number of nitriles is 1. The standard InChI is InChI=1S/C20H17BN3/c1-16-15-23-20(24(16)13-12-22)21-19(18-10-6-3-7-11-18)14-17-8-4-2-5-9-17/h2-11,14-15H,13H2,1H3. The summed E-state index contributed by atoms with van der Waals surface area (Å²) in [7, 11) is 2.03. The highest BCUT2D eigenvalue weighted by Gasteiger charge is 2.12. The number of hydrogen-bond donors (Lipinski definition) is 0. The normalized spacial score (nSPS) is 11.1. The number of nitrogens with zero attached hydrogens (tertiary/aromatic N) is 3. The Bertz CT molecular complexity index is 874. The lowest BCUT2D eigenvalue weighted by molar-refractivity contribution is 0.826. The van der Waals surface area contributed by atoms with Crippen molar-refractivity contribution in [2.24, 2.45) is 0 Å². The van der Waals surface area contributed by atoms with Gasteiger partial charge in [0.1, 0.15) is 6.54 Å². The van der Waals surface area contributed by atoms with Crippen molar-refractivity contribution in [3.63, 3.8) is 0 Å². The summed E-state index contributed by atoms with van der Waals surface area (Å²) >= 11 is 0. The van der Waals surface area contributed by atoms with Crippen LogP contribution in [-0.4, -0.2) is 16.8 Å². The van der Waals surface area contributed by atoms with Gasteiger partial charge in [0.15, 0.2) is 0 Å². The molecular weight excluding hydrogens is 293 g/mol. The number of benzene rings is 2. The highest BCUT2D eigenvalue weighted by molar-refractivity contribution is 6.73. The molecule has 3 aromatic rings. The van der Waals surface area contributed by atoms with E-state index in [1.54, 1.807) is 6.20 Å². The van der Waals surface area contributed by atoms with E-state index in [-0.39, 0.29) is 0 Å². The van der Waals surface area contributed by atoms with Crippen LogP contribution in [0.25, 0.3) is 11.5 Å². The smallest absolute Gasteiger partial charge is 0.241 e. The number of aromatic nitrogens is 2. The van der Waals surface area contributed by atoms with Gasteiger partial charge in [-0.1, -0.05) is 72.2 Å². The zero-order valence-electron chi connectivity index (χ0n) is 13.6. The van der Waals surface area contributed by atoms with Gasteiger partial charge in [-0.2, -0.15) is 5.26 Å². The molecule has 3 rings (SSSR count). The summed E-state index contributed by atoms with van der Waals surface area (Å²) in [5.41, 5.74) is 5.08. The monoisotopic (exact) mass is 310 g/mol. The second kappa shape index (κ2) is 7.48. The van der Waals surface area contributed by atoms with Crippen LogP contribution in [0.3, 0.4) is 0 Å². The maximum atomic E-state index is 9.05. The molecule has 1 aromatic heterocycles. The third-order valence-corrected chi connectivity index (χ3v) is 3.83. The van der Waals surface area contributed by atoms with Crippen molar-refractivity contribution < 1.29 is 0 Å². The van der Waals surface area contributed by atoms with Gasteiger partial charge in [-0.05, 0) is 18.1 Å². The van der Waals surface area contributed by atoms with Crippen LogP contribution in [0, 0.1) is 18.3 Å². The second-order valence-electron chi connectivity index (χ2n) is 5.52. The zero-order valence-corrected chi connectivity index (χ0v) is 13.6. The summed E-state index contributed by atoms with van der Waals surface area (Å²) in [5.74, 6) is 0. The largest absolute Gasteiger partial charge is 0.327 e. The van der Waals surface area contributed by atoms with Gasteiger partial charge in [-0.3, -0.25) is 4.98 Å². The van der Waals surface area contributed by atoms with Crippen molar-refractivity contribution in [2.45, 2.75) is 13.5 Å². The van der Waals surface area contributed by atoms with Crippen LogP contribution in [0.5, 0.6) is 0 Å². The molecule has 1 radical (unpaired) electrons. The van der Waals surface area contributed by atoms with E-state index in [1.807, 2.05) is 55.2 Å². The maximum absolute atomic E-state index is 9.05. The van der Waals surface area contributed by atoms with Crippen LogP contribution in [-0.2, 0) is 6.54 Å². The maximum Gasteiger partial charge on any atom is 0.241 e. The van der Waals surface area contributed by atoms with E-state index in [0.717, 1.165) is 28.0 Å². The average Bonchev–Trinajstić information content (AvgIpc) is 2.97. The van der Waals surface area contributed by atoms with Gasteiger partial charge in [-0.15, -0.1) is 0 Å². The number of rotatable bonds is 5. The summed E-state index contributed by atoms with van der Waals surface area (Å²) in [6, 6.07) is 22.6. The predicted molar refractivity (Wildman–Crippen MR) is 98.7 cm³/mol. The molecule has 0 spiro atoms. The molecule has 0 unspecified atom stereocenters. The van der Waals surface area contributed by atoms with Crippen LogP contribution in [0.1, 0.15) is 16.8 Å². The second-order valence-corrected chi connectivity index (χ2v) is 5.52. The Morgan fingerprint density at radius 3 is 2.46 bits per heavy atom. The third kappa shape index (κ3) is 3.64. The first-order valence-electron chi connectivity index (χ1n) is 7.84. The van der Waals surface area contributed by atoms with Crippen LogP contribution >= 0.6 is 0 Å². The predicted octanol–water partition coefficient (Wildman–Crippen LogP) is 3.24. The van der Waals surface area contributed by atoms with Crippen molar-refractivity contribution in [1.82, 2.24) is 9.55 Å². The van der Waals surface area contributed by atoms with E-state index >= 15 is 0 Å². The molecule has 0 saturated heterocycles. The minimum Gasteiger partial charge on any atom is -0.327 e. The van der Waals surface area contributed by atoms with Gasteiger partial charge in [0.2, 0.25) is 7.28 Å². The lowest BCUT2D eigenvalue weighted by Gasteiger charge is -2.09. The van der Waals surface area contributed by atoms with Crippen molar-refractivity contribution in [1.29, 1.82) is 5.26 Å². The minimum absolute atomic E-state index is 0.297. The third-order valence-electron chi connectivity index (χ3n) is 3.83. The van der Waals surface area contributed by atoms with E-state index < -0.39 is 0 Å². The van der Waals surface area contributed by atoms with E-state index in [0.29, 0.717) is 6.54 Å². The fraction of sp³-hybridized carbons (Fsp3) is 0.100. The SMILES string of the molecule is Cc1cnc([B]C(=Cc2ccccc2)c2ccccc2)n1CC#N. The van der Waals surface area contributed by atoms with E-state index in [9.17, 15) is 0 Å². The van der Waals surface area contributed by atoms with Crippen LogP contribution in [0.15, 0.2) is 66.9 Å². The quantitative estimate of drug-likeness (QED) is 0.536. The molecule has 0 bridgehead atoms. The Labute approximate surface area is 143 Å². The molecule has 115 valence electrons. The first-order valence-corrected chi connectivity index (χ1v) is 7.84. The molecule has 4 heteroatoms. The summed E-state index contributed by atoms with van der Waals surface area (Å²) in [6.07, 6.45) is 3.93. The minimum atomic E-state index is 0.297. The summed E-state index contributed by atoms with van der Waals surface area (Å²) in [6.45, 7) is 2.26. The van der Waals surface area contributed by atoms with Gasteiger partial charge < -0.3 is 4.57 Å². The average molecular weight is 310 g/mol. The molecule has 0 amide bonds. The first-order chi connectivity index (χ1) is 11.8. The highest BCUT2D eigenvalue weighted by atomic mass is 15.1. The summed E-state index contributed by atoms with van der Waals surface area (Å²) in [5, 5.41) is 9.05. The Morgan fingerprint density at radius 2 is 1.79 bits per heavy atom. The molecule has 24 heavy (non-hydrogen) atoms. The molecule has 3 nitrogen and oxygen atoms in total. The fourth-order valence-corrected chi connectivity index (χ4v) is 2.58. The lowest BCUT2D eigenvalue weighted by atomic mass is 9.65. The molecule has 1 heterocycles. The van der Waals surface area contributed by atoms with Gasteiger partial charge in [0.05, 0.1) is 11.8 Å². The summed E-state index contributed by atoms with van der Waals surface area (Å²) in [4.78, 5) is 4.46. The highest BCUT2D eigenvalue weighted by Crippen LogP contribution is 2.17. The summed E-state index contributed by atoms with van der Waals surface area (Å²) < 4.78 is 1.92. The van der Waals surface area contributed by atoms with E-state index in [1.165, 1.54) is 0 Å². The fourth-order valence-electron chi connectivity index (χ4n) is 2.58. The van der Waals surface area contributed by atoms with E-state index in [2.05, 4.69) is 41.4 Å². The van der Waals surface area contributed by atoms with Crippen LogP contribution in [0.4, 0.5) is 0 Å². The topological polar surface area (TPSA) is 41.6 Å². The molecule has 2 aromatic carbocycles. The molecule has 0 fully saturated rings. The Morgan fingerprint density at radius 1 is 1.12 bits per heavy atom. The van der Waals surface area contributed by atoms with Crippen molar-refractivity contribution in [2.75, 3.05) is 0 Å². The molecule has 0 aliphatic heterocycles. The molecule has 0 N–H and O–H groups in total. The van der Waals surface area contributed by atoms with Gasteiger partial charge in [0.25, 0.3) is 0 Å². The number of aryl methyl sites for hydroxylation is 1. The Hall–Kier alpha value is -3.06. The van der Waals surface area contributed by atoms with E-state index in [4.69, 9.17) is 5.26 Å². The van der Waals surface area contributed by atoms with Gasteiger partial charge >= 0.3 is 0 Å². The Balaban J connectivity index is 2.01. The molecule has 0 saturated carbocycles. The van der Waals surface area contributed by atoms with Gasteiger partial charge in [0, 0.05) is 11.9 Å². The first kappa shape index (κ1) is 15.8.